The lowest BCUT2D eigenvalue weighted by molar-refractivity contribution is -0.107. The second kappa shape index (κ2) is 10.4. The first-order chi connectivity index (χ1) is 17.0. The van der Waals surface area contributed by atoms with Gasteiger partial charge in [0.2, 0.25) is 6.41 Å². The number of hydrogen-bond acceptors (Lipinski definition) is 6. The number of amides is 3. The number of aromatic nitrogens is 1. The minimum absolute atomic E-state index is 0.524. The first kappa shape index (κ1) is 23.4. The zero-order valence-corrected chi connectivity index (χ0v) is 19.4. The number of aryl methyl sites for hydroxylation is 1. The zero-order chi connectivity index (χ0) is 24.8. The van der Waals surface area contributed by atoms with Gasteiger partial charge < -0.3 is 19.5 Å². The number of urea groups is 1. The highest BCUT2D eigenvalue weighted by molar-refractivity contribution is 5.93. The van der Waals surface area contributed by atoms with Crippen molar-refractivity contribution in [1.82, 2.24) is 10.4 Å². The van der Waals surface area contributed by atoms with Crippen molar-refractivity contribution in [2.45, 2.75) is 6.92 Å². The van der Waals surface area contributed by atoms with Crippen LogP contribution >= 0.6 is 0 Å². The van der Waals surface area contributed by atoms with E-state index in [0.717, 1.165) is 16.0 Å². The molecule has 0 fully saturated rings. The Morgan fingerprint density at radius 2 is 1.69 bits per heavy atom. The molecule has 0 aliphatic carbocycles. The van der Waals surface area contributed by atoms with Gasteiger partial charge in [-0.25, -0.2) is 15.2 Å². The molecule has 0 radical (unpaired) electrons. The third kappa shape index (κ3) is 5.41. The third-order valence-corrected chi connectivity index (χ3v) is 5.15. The number of pyridine rings is 1. The quantitative estimate of drug-likeness (QED) is 0.275. The lowest BCUT2D eigenvalue weighted by Crippen LogP contribution is -2.43. The second-order valence-corrected chi connectivity index (χ2v) is 7.54. The average molecular weight is 473 g/mol. The van der Waals surface area contributed by atoms with Crippen LogP contribution in [0.5, 0.6) is 23.0 Å². The molecule has 178 valence electrons. The van der Waals surface area contributed by atoms with Crippen molar-refractivity contribution in [3.05, 3.63) is 78.5 Å². The normalized spacial score (nSPS) is 10.4. The van der Waals surface area contributed by atoms with Crippen LogP contribution < -0.4 is 30.0 Å². The molecule has 1 aromatic heterocycles. The molecule has 0 aliphatic heterocycles. The molecule has 0 spiro atoms. The summed E-state index contributed by atoms with van der Waals surface area (Å²) in [5.74, 6) is 2.30. The molecule has 35 heavy (non-hydrogen) atoms. The number of carbonyl (C=O) groups excluding carboxylic acids is 2. The largest absolute Gasteiger partial charge is 0.493 e. The number of nitrogens with one attached hydrogen (secondary N) is 2. The van der Waals surface area contributed by atoms with E-state index in [1.54, 1.807) is 75.0 Å². The highest BCUT2D eigenvalue weighted by Crippen LogP contribution is 2.37. The van der Waals surface area contributed by atoms with Crippen LogP contribution in [-0.2, 0) is 4.79 Å². The van der Waals surface area contributed by atoms with E-state index in [1.807, 2.05) is 19.1 Å². The number of ether oxygens (including phenoxy) is 3. The Hall–Kier alpha value is -4.79. The van der Waals surface area contributed by atoms with Crippen molar-refractivity contribution in [3.8, 4) is 23.0 Å². The van der Waals surface area contributed by atoms with Gasteiger partial charge in [-0.1, -0.05) is 12.1 Å². The van der Waals surface area contributed by atoms with Gasteiger partial charge >= 0.3 is 6.03 Å². The van der Waals surface area contributed by atoms with Crippen molar-refractivity contribution >= 4 is 34.7 Å². The van der Waals surface area contributed by atoms with Crippen molar-refractivity contribution in [2.24, 2.45) is 0 Å². The van der Waals surface area contributed by atoms with Crippen molar-refractivity contribution < 1.29 is 23.8 Å². The molecule has 4 rings (SSSR count). The molecule has 3 aromatic carbocycles. The smallest absolute Gasteiger partial charge is 0.338 e. The predicted molar refractivity (Wildman–Crippen MR) is 133 cm³/mol. The summed E-state index contributed by atoms with van der Waals surface area (Å²) in [6.45, 7) is 1.90. The van der Waals surface area contributed by atoms with Crippen LogP contribution in [0.4, 0.5) is 16.2 Å². The molecular formula is C26H24N4O5. The number of hydrogen-bond donors (Lipinski definition) is 2. The van der Waals surface area contributed by atoms with Crippen LogP contribution in [0.15, 0.2) is 72.9 Å². The van der Waals surface area contributed by atoms with E-state index in [2.05, 4.69) is 15.7 Å². The number of benzene rings is 3. The molecule has 4 aromatic rings. The second-order valence-electron chi connectivity index (χ2n) is 7.54. The highest BCUT2D eigenvalue weighted by Gasteiger charge is 2.12. The third-order valence-electron chi connectivity index (χ3n) is 5.15. The molecule has 9 nitrogen and oxygen atoms in total. The zero-order valence-electron chi connectivity index (χ0n) is 19.4. The fourth-order valence-electron chi connectivity index (χ4n) is 3.47. The Labute approximate surface area is 202 Å². The Morgan fingerprint density at radius 1 is 0.943 bits per heavy atom. The molecule has 0 saturated heterocycles. The van der Waals surface area contributed by atoms with Gasteiger partial charge in [-0.05, 0) is 61.0 Å². The lowest BCUT2D eigenvalue weighted by Gasteiger charge is -2.19. The summed E-state index contributed by atoms with van der Waals surface area (Å²) in [6, 6.07) is 18.8. The van der Waals surface area contributed by atoms with E-state index in [-0.39, 0.29) is 0 Å². The number of fused-ring (bicyclic) bond motifs is 1. The number of rotatable bonds is 8. The minimum atomic E-state index is -0.562. The van der Waals surface area contributed by atoms with Crippen molar-refractivity contribution in [3.63, 3.8) is 0 Å². The van der Waals surface area contributed by atoms with Gasteiger partial charge in [0.1, 0.15) is 11.5 Å². The molecule has 1 heterocycles. The maximum absolute atomic E-state index is 12.4. The van der Waals surface area contributed by atoms with Crippen molar-refractivity contribution in [1.29, 1.82) is 0 Å². The Morgan fingerprint density at radius 3 is 2.37 bits per heavy atom. The standard InChI is InChI=1S/C26H24N4O5/c1-17-5-4-6-19(13-17)30(16-31)29-26(32)28-18-7-9-20(10-8-18)35-23-11-12-27-22-15-25(34-3)24(33-2)14-21(22)23/h4-16H,1-3H3,(H2,28,29,32). The van der Waals surface area contributed by atoms with Gasteiger partial charge in [-0.2, -0.15) is 0 Å². The summed E-state index contributed by atoms with van der Waals surface area (Å²) in [4.78, 5) is 28.2. The fraction of sp³-hybridized carbons (Fsp3) is 0.115. The molecule has 0 saturated carbocycles. The van der Waals surface area contributed by atoms with E-state index in [4.69, 9.17) is 14.2 Å². The Balaban J connectivity index is 1.45. The summed E-state index contributed by atoms with van der Waals surface area (Å²) in [7, 11) is 3.14. The molecule has 2 N–H and O–H groups in total. The summed E-state index contributed by atoms with van der Waals surface area (Å²) in [5, 5.41) is 4.56. The maximum atomic E-state index is 12.4. The van der Waals surface area contributed by atoms with Gasteiger partial charge in [-0.3, -0.25) is 9.78 Å². The molecule has 0 atom stereocenters. The van der Waals surface area contributed by atoms with Crippen LogP contribution in [0.1, 0.15) is 5.56 Å². The molecule has 0 unspecified atom stereocenters. The summed E-state index contributed by atoms with van der Waals surface area (Å²) < 4.78 is 16.8. The predicted octanol–water partition coefficient (Wildman–Crippen LogP) is 5.05. The Kier molecular flexibility index (Phi) is 6.96. The highest BCUT2D eigenvalue weighted by atomic mass is 16.5. The Bertz CT molecular complexity index is 1360. The van der Waals surface area contributed by atoms with E-state index in [9.17, 15) is 9.59 Å². The van der Waals surface area contributed by atoms with E-state index in [0.29, 0.717) is 46.3 Å². The van der Waals surface area contributed by atoms with E-state index in [1.165, 1.54) is 0 Å². The van der Waals surface area contributed by atoms with Crippen LogP contribution in [0.25, 0.3) is 10.9 Å². The number of anilines is 2. The minimum Gasteiger partial charge on any atom is -0.493 e. The van der Waals surface area contributed by atoms with Gasteiger partial charge in [0.15, 0.2) is 11.5 Å². The lowest BCUT2D eigenvalue weighted by atomic mass is 10.2. The summed E-state index contributed by atoms with van der Waals surface area (Å²) >= 11 is 0. The number of methoxy groups -OCH3 is 2. The summed E-state index contributed by atoms with van der Waals surface area (Å²) in [6.07, 6.45) is 2.19. The van der Waals surface area contributed by atoms with Gasteiger partial charge in [0.25, 0.3) is 0 Å². The van der Waals surface area contributed by atoms with Gasteiger partial charge in [0, 0.05) is 23.3 Å². The number of nitrogens with zero attached hydrogens (tertiary/aromatic N) is 2. The fourth-order valence-corrected chi connectivity index (χ4v) is 3.47. The molecule has 0 aliphatic rings. The van der Waals surface area contributed by atoms with Crippen LogP contribution in [0.3, 0.4) is 0 Å². The molecule has 9 heteroatoms. The van der Waals surface area contributed by atoms with Crippen LogP contribution in [0.2, 0.25) is 0 Å². The number of carbonyl (C=O) groups is 2. The molecular weight excluding hydrogens is 448 g/mol. The van der Waals surface area contributed by atoms with Gasteiger partial charge in [0.05, 0.1) is 25.4 Å². The van der Waals surface area contributed by atoms with E-state index >= 15 is 0 Å². The van der Waals surface area contributed by atoms with Gasteiger partial charge in [-0.15, -0.1) is 0 Å². The SMILES string of the molecule is COc1cc2nccc(Oc3ccc(NC(=O)NN(C=O)c4cccc(C)c4)cc3)c2cc1OC. The first-order valence-electron chi connectivity index (χ1n) is 10.7. The maximum Gasteiger partial charge on any atom is 0.338 e. The van der Waals surface area contributed by atoms with Crippen LogP contribution in [0, 0.1) is 6.92 Å². The average Bonchev–Trinajstić information content (AvgIpc) is 2.87. The summed E-state index contributed by atoms with van der Waals surface area (Å²) in [5.41, 5.74) is 5.25. The monoisotopic (exact) mass is 472 g/mol. The van der Waals surface area contributed by atoms with E-state index < -0.39 is 6.03 Å². The number of hydrazine groups is 1. The molecule has 0 bridgehead atoms. The molecule has 3 amide bonds. The van der Waals surface area contributed by atoms with Crippen LogP contribution in [-0.4, -0.2) is 31.6 Å². The topological polar surface area (TPSA) is 102 Å². The van der Waals surface area contributed by atoms with Crippen molar-refractivity contribution in [2.75, 3.05) is 24.5 Å². The first-order valence-corrected chi connectivity index (χ1v) is 10.7.